The molecule has 0 bridgehead atoms. The molecule has 0 saturated heterocycles. The Bertz CT molecular complexity index is 1320. The SMILES string of the molecule is Cn1nccc1C[C@H]1COc2cc(-c3ccccc3C(=O)NS(=O)(=O)C(C)(C)C)ccc2[C@@H]1O. The molecule has 4 rings (SSSR count). The second kappa shape index (κ2) is 8.88. The van der Waals surface area contributed by atoms with Gasteiger partial charge in [0, 0.05) is 36.0 Å². The zero-order valence-electron chi connectivity index (χ0n) is 19.6. The summed E-state index contributed by atoms with van der Waals surface area (Å²) >= 11 is 0. The van der Waals surface area contributed by atoms with Crippen molar-refractivity contribution in [3.63, 3.8) is 0 Å². The zero-order valence-corrected chi connectivity index (χ0v) is 20.5. The fraction of sp³-hybridized carbons (Fsp3) is 0.360. The van der Waals surface area contributed by atoms with Crippen LogP contribution in [0.1, 0.15) is 48.5 Å². The van der Waals surface area contributed by atoms with Crippen molar-refractivity contribution >= 4 is 15.9 Å². The smallest absolute Gasteiger partial charge is 0.265 e. The van der Waals surface area contributed by atoms with E-state index in [4.69, 9.17) is 4.74 Å². The number of aromatic nitrogens is 2. The highest BCUT2D eigenvalue weighted by Gasteiger charge is 2.33. The van der Waals surface area contributed by atoms with Crippen molar-refractivity contribution in [2.45, 2.75) is 38.0 Å². The highest BCUT2D eigenvalue weighted by Crippen LogP contribution is 2.39. The van der Waals surface area contributed by atoms with Gasteiger partial charge in [-0.15, -0.1) is 0 Å². The van der Waals surface area contributed by atoms with Gasteiger partial charge in [-0.05, 0) is 56.5 Å². The van der Waals surface area contributed by atoms with Crippen LogP contribution in [0.3, 0.4) is 0 Å². The molecule has 2 atom stereocenters. The van der Waals surface area contributed by atoms with Crippen LogP contribution in [0.4, 0.5) is 0 Å². The molecule has 1 aliphatic heterocycles. The summed E-state index contributed by atoms with van der Waals surface area (Å²) in [5.74, 6) is -0.265. The molecule has 2 heterocycles. The molecular formula is C25H29N3O5S. The molecule has 0 radical (unpaired) electrons. The minimum Gasteiger partial charge on any atom is -0.493 e. The molecule has 0 aliphatic carbocycles. The summed E-state index contributed by atoms with van der Waals surface area (Å²) in [6.07, 6.45) is 1.65. The van der Waals surface area contributed by atoms with Gasteiger partial charge in [-0.25, -0.2) is 13.1 Å². The molecule has 3 aromatic rings. The third-order valence-corrected chi connectivity index (χ3v) is 8.21. The average Bonchev–Trinajstić information content (AvgIpc) is 3.18. The first kappa shape index (κ1) is 24.0. The predicted molar refractivity (Wildman–Crippen MR) is 129 cm³/mol. The van der Waals surface area contributed by atoms with Crippen molar-refractivity contribution in [2.75, 3.05) is 6.61 Å². The van der Waals surface area contributed by atoms with E-state index in [0.29, 0.717) is 35.5 Å². The third-order valence-electron chi connectivity index (χ3n) is 6.14. The maximum atomic E-state index is 12.9. The summed E-state index contributed by atoms with van der Waals surface area (Å²) in [7, 11) is -1.99. The van der Waals surface area contributed by atoms with Crippen molar-refractivity contribution in [1.29, 1.82) is 0 Å². The molecule has 2 aromatic carbocycles. The zero-order chi connectivity index (χ0) is 24.7. The average molecular weight is 484 g/mol. The van der Waals surface area contributed by atoms with E-state index < -0.39 is 26.8 Å². The van der Waals surface area contributed by atoms with Gasteiger partial charge in [0.25, 0.3) is 5.91 Å². The Morgan fingerprint density at radius 3 is 2.62 bits per heavy atom. The second-order valence-electron chi connectivity index (χ2n) is 9.51. The maximum Gasteiger partial charge on any atom is 0.265 e. The van der Waals surface area contributed by atoms with Crippen LogP contribution in [0.25, 0.3) is 11.1 Å². The minimum atomic E-state index is -3.86. The van der Waals surface area contributed by atoms with E-state index in [-0.39, 0.29) is 11.5 Å². The van der Waals surface area contributed by atoms with Crippen molar-refractivity contribution in [3.05, 3.63) is 71.5 Å². The molecule has 180 valence electrons. The Labute approximate surface area is 199 Å². The predicted octanol–water partition coefficient (Wildman–Crippen LogP) is 3.23. The lowest BCUT2D eigenvalue weighted by Gasteiger charge is -2.30. The normalized spacial score (nSPS) is 18.1. The van der Waals surface area contributed by atoms with Gasteiger partial charge >= 0.3 is 0 Å². The summed E-state index contributed by atoms with van der Waals surface area (Å²) in [5, 5.41) is 15.2. The second-order valence-corrected chi connectivity index (χ2v) is 11.9. The van der Waals surface area contributed by atoms with Crippen LogP contribution in [-0.2, 0) is 23.5 Å². The Balaban J connectivity index is 1.61. The quantitative estimate of drug-likeness (QED) is 0.577. The topological polar surface area (TPSA) is 111 Å². The van der Waals surface area contributed by atoms with E-state index >= 15 is 0 Å². The fourth-order valence-corrected chi connectivity index (χ4v) is 4.58. The Morgan fingerprint density at radius 1 is 1.21 bits per heavy atom. The first-order valence-electron chi connectivity index (χ1n) is 11.1. The van der Waals surface area contributed by atoms with Crippen LogP contribution >= 0.6 is 0 Å². The lowest BCUT2D eigenvalue weighted by atomic mass is 9.88. The van der Waals surface area contributed by atoms with Crippen molar-refractivity contribution in [1.82, 2.24) is 14.5 Å². The lowest BCUT2D eigenvalue weighted by molar-refractivity contribution is 0.0499. The van der Waals surface area contributed by atoms with Gasteiger partial charge in [0.2, 0.25) is 10.0 Å². The summed E-state index contributed by atoms with van der Waals surface area (Å²) in [6.45, 7) is 4.93. The number of aliphatic hydroxyl groups is 1. The highest BCUT2D eigenvalue weighted by molar-refractivity contribution is 7.91. The molecule has 8 nitrogen and oxygen atoms in total. The van der Waals surface area contributed by atoms with Crippen molar-refractivity contribution < 1.29 is 23.1 Å². The van der Waals surface area contributed by atoms with Crippen LogP contribution < -0.4 is 9.46 Å². The third kappa shape index (κ3) is 4.58. The Hall–Kier alpha value is -3.17. The van der Waals surface area contributed by atoms with E-state index in [1.807, 2.05) is 19.2 Å². The molecule has 1 aromatic heterocycles. The number of aliphatic hydroxyl groups excluding tert-OH is 1. The van der Waals surface area contributed by atoms with E-state index in [1.165, 1.54) is 20.8 Å². The number of nitrogens with one attached hydrogen (secondary N) is 1. The van der Waals surface area contributed by atoms with E-state index in [0.717, 1.165) is 5.69 Å². The van der Waals surface area contributed by atoms with Gasteiger partial charge in [0.1, 0.15) is 5.75 Å². The van der Waals surface area contributed by atoms with Crippen LogP contribution in [0, 0.1) is 5.92 Å². The van der Waals surface area contributed by atoms with Crippen LogP contribution in [0.2, 0.25) is 0 Å². The van der Waals surface area contributed by atoms with Gasteiger partial charge in [0.05, 0.1) is 17.5 Å². The molecule has 2 N–H and O–H groups in total. The van der Waals surface area contributed by atoms with Gasteiger partial charge in [-0.2, -0.15) is 5.10 Å². The van der Waals surface area contributed by atoms with E-state index in [9.17, 15) is 18.3 Å². The molecule has 1 amide bonds. The van der Waals surface area contributed by atoms with Gasteiger partial charge in [0.15, 0.2) is 0 Å². The number of nitrogens with zero attached hydrogens (tertiary/aromatic N) is 2. The van der Waals surface area contributed by atoms with Crippen LogP contribution in [0.5, 0.6) is 5.75 Å². The monoisotopic (exact) mass is 483 g/mol. The largest absolute Gasteiger partial charge is 0.493 e. The number of carbonyl (C=O) groups excluding carboxylic acids is 1. The van der Waals surface area contributed by atoms with E-state index in [1.54, 1.807) is 47.3 Å². The van der Waals surface area contributed by atoms with Crippen LogP contribution in [0.15, 0.2) is 54.7 Å². The van der Waals surface area contributed by atoms with E-state index in [2.05, 4.69) is 9.82 Å². The van der Waals surface area contributed by atoms with Gasteiger partial charge < -0.3 is 9.84 Å². The molecule has 0 unspecified atom stereocenters. The molecule has 0 spiro atoms. The van der Waals surface area contributed by atoms with Gasteiger partial charge in [-0.1, -0.05) is 30.3 Å². The fourth-order valence-electron chi connectivity index (χ4n) is 3.92. The standard InChI is InChI=1S/C25H29N3O5S/c1-25(2,3)34(31,32)27-24(30)20-8-6-5-7-19(20)16-9-10-21-22(14-16)33-15-17(23(21)29)13-18-11-12-26-28(18)4/h5-12,14,17,23,29H,13,15H2,1-4H3,(H,27,30)/t17-,23+/m0/s1. The molecule has 0 saturated carbocycles. The molecule has 34 heavy (non-hydrogen) atoms. The molecule has 9 heteroatoms. The summed E-state index contributed by atoms with van der Waals surface area (Å²) in [5.41, 5.74) is 3.19. The number of ether oxygens (including phenoxy) is 1. The first-order chi connectivity index (χ1) is 16.0. The number of fused-ring (bicyclic) bond motifs is 1. The summed E-state index contributed by atoms with van der Waals surface area (Å²) in [6, 6.07) is 14.1. The Kier molecular flexibility index (Phi) is 6.26. The minimum absolute atomic E-state index is 0.116. The number of hydrogen-bond donors (Lipinski definition) is 2. The summed E-state index contributed by atoms with van der Waals surface area (Å²) in [4.78, 5) is 12.9. The number of rotatable bonds is 5. The molecule has 1 aliphatic rings. The Morgan fingerprint density at radius 2 is 1.94 bits per heavy atom. The number of aryl methyl sites for hydroxylation is 1. The lowest BCUT2D eigenvalue weighted by Crippen LogP contribution is -2.42. The van der Waals surface area contributed by atoms with Gasteiger partial charge in [-0.3, -0.25) is 9.48 Å². The summed E-state index contributed by atoms with van der Waals surface area (Å²) < 4.78 is 33.8. The number of hydrogen-bond acceptors (Lipinski definition) is 6. The number of amides is 1. The molecular weight excluding hydrogens is 454 g/mol. The number of benzene rings is 2. The van der Waals surface area contributed by atoms with Crippen molar-refractivity contribution in [2.24, 2.45) is 13.0 Å². The van der Waals surface area contributed by atoms with Crippen molar-refractivity contribution in [3.8, 4) is 16.9 Å². The molecule has 0 fully saturated rings. The highest BCUT2D eigenvalue weighted by atomic mass is 32.2. The first-order valence-corrected chi connectivity index (χ1v) is 12.5. The maximum absolute atomic E-state index is 12.9. The number of carbonyl (C=O) groups is 1. The van der Waals surface area contributed by atoms with Crippen LogP contribution in [-0.4, -0.2) is 40.6 Å². The number of sulfonamides is 1.